The van der Waals surface area contributed by atoms with Crippen LogP contribution in [0, 0.1) is 0 Å². The van der Waals surface area contributed by atoms with Crippen LogP contribution < -0.4 is 0 Å². The third kappa shape index (κ3) is 4.79. The molecular weight excluding hydrogens is 362 g/mol. The van der Waals surface area contributed by atoms with E-state index in [0.717, 1.165) is 17.7 Å². The molecule has 0 atom stereocenters. The van der Waals surface area contributed by atoms with Crippen LogP contribution in [0.4, 0.5) is 0 Å². The Balaban J connectivity index is 1.35. The molecule has 4 rings (SSSR count). The molecule has 6 nitrogen and oxygen atoms in total. The van der Waals surface area contributed by atoms with Crippen molar-refractivity contribution in [3.8, 4) is 0 Å². The van der Waals surface area contributed by atoms with Gasteiger partial charge in [-0.25, -0.2) is 0 Å². The van der Waals surface area contributed by atoms with Crippen LogP contribution in [0.15, 0.2) is 85.5 Å². The van der Waals surface area contributed by atoms with Crippen LogP contribution in [0.2, 0.25) is 0 Å². The molecule has 4 aromatic rings. The Morgan fingerprint density at radius 3 is 2.31 bits per heavy atom. The second kappa shape index (κ2) is 8.56. The van der Waals surface area contributed by atoms with Gasteiger partial charge < -0.3 is 4.90 Å². The van der Waals surface area contributed by atoms with Crippen LogP contribution >= 0.6 is 0 Å². The lowest BCUT2D eigenvalue weighted by Crippen LogP contribution is -2.26. The summed E-state index contributed by atoms with van der Waals surface area (Å²) in [5.41, 5.74) is 3.98. The fourth-order valence-corrected chi connectivity index (χ4v) is 3.24. The molecule has 0 unspecified atom stereocenters. The Morgan fingerprint density at radius 2 is 1.59 bits per heavy atom. The third-order valence-corrected chi connectivity index (χ3v) is 4.75. The van der Waals surface area contributed by atoms with Gasteiger partial charge >= 0.3 is 0 Å². The molecule has 0 radical (unpaired) electrons. The molecule has 0 saturated carbocycles. The number of nitrogens with zero attached hydrogens (tertiary/aromatic N) is 5. The van der Waals surface area contributed by atoms with Gasteiger partial charge in [-0.1, -0.05) is 42.5 Å². The lowest BCUT2D eigenvalue weighted by Gasteiger charge is -2.16. The van der Waals surface area contributed by atoms with Crippen molar-refractivity contribution in [2.45, 2.75) is 19.6 Å². The number of hydrogen-bond donors (Lipinski definition) is 0. The molecule has 0 aliphatic rings. The van der Waals surface area contributed by atoms with Crippen LogP contribution in [0.25, 0.3) is 0 Å². The van der Waals surface area contributed by atoms with E-state index in [9.17, 15) is 4.79 Å². The standard InChI is InChI=1S/C23H23N5O/c1-26(15-21-14-25-28(18-21)17-19-6-3-2-4-7-19)23(29)22-10-8-20(9-11-22)16-27-13-5-12-24-27/h2-14,18H,15-17H2,1H3. The van der Waals surface area contributed by atoms with Gasteiger partial charge in [-0.2, -0.15) is 10.2 Å². The fraction of sp³-hybridized carbons (Fsp3) is 0.174. The molecule has 0 aliphatic carbocycles. The molecule has 0 aliphatic heterocycles. The van der Waals surface area contributed by atoms with Crippen molar-refractivity contribution in [1.82, 2.24) is 24.5 Å². The first-order valence-corrected chi connectivity index (χ1v) is 9.54. The maximum Gasteiger partial charge on any atom is 0.253 e. The maximum atomic E-state index is 12.8. The summed E-state index contributed by atoms with van der Waals surface area (Å²) in [4.78, 5) is 14.5. The molecule has 0 fully saturated rings. The quantitative estimate of drug-likeness (QED) is 0.490. The molecule has 2 heterocycles. The smallest absolute Gasteiger partial charge is 0.253 e. The minimum absolute atomic E-state index is 0.00792. The van der Waals surface area contributed by atoms with E-state index in [0.29, 0.717) is 18.7 Å². The van der Waals surface area contributed by atoms with Crippen molar-refractivity contribution in [3.63, 3.8) is 0 Å². The number of hydrogen-bond acceptors (Lipinski definition) is 3. The first kappa shape index (κ1) is 18.7. The number of aromatic nitrogens is 4. The van der Waals surface area contributed by atoms with Crippen molar-refractivity contribution in [2.24, 2.45) is 0 Å². The molecule has 6 heteroatoms. The van der Waals surface area contributed by atoms with Gasteiger partial charge in [0.15, 0.2) is 0 Å². The zero-order valence-corrected chi connectivity index (χ0v) is 16.3. The molecule has 146 valence electrons. The van der Waals surface area contributed by atoms with Crippen LogP contribution in [0.3, 0.4) is 0 Å². The Kier molecular flexibility index (Phi) is 5.52. The van der Waals surface area contributed by atoms with E-state index in [4.69, 9.17) is 0 Å². The predicted octanol–water partition coefficient (Wildman–Crippen LogP) is 3.45. The fourth-order valence-electron chi connectivity index (χ4n) is 3.24. The topological polar surface area (TPSA) is 56.0 Å². The summed E-state index contributed by atoms with van der Waals surface area (Å²) in [5, 5.41) is 8.62. The molecule has 0 spiro atoms. The Labute approximate surface area is 170 Å². The summed E-state index contributed by atoms with van der Waals surface area (Å²) < 4.78 is 3.75. The lowest BCUT2D eigenvalue weighted by molar-refractivity contribution is 0.0785. The molecule has 2 aromatic carbocycles. The average molecular weight is 385 g/mol. The number of carbonyl (C=O) groups excluding carboxylic acids is 1. The van der Waals surface area contributed by atoms with Crippen LogP contribution in [0.1, 0.15) is 27.0 Å². The van der Waals surface area contributed by atoms with Crippen LogP contribution in [-0.2, 0) is 19.6 Å². The lowest BCUT2D eigenvalue weighted by atomic mass is 10.1. The van der Waals surface area contributed by atoms with Gasteiger partial charge in [0.2, 0.25) is 0 Å². The first-order valence-electron chi connectivity index (χ1n) is 9.54. The van der Waals surface area contributed by atoms with E-state index in [-0.39, 0.29) is 5.91 Å². The largest absolute Gasteiger partial charge is 0.337 e. The van der Waals surface area contributed by atoms with Gasteiger partial charge in [-0.3, -0.25) is 14.2 Å². The summed E-state index contributed by atoms with van der Waals surface area (Å²) in [6, 6.07) is 19.8. The second-order valence-electron chi connectivity index (χ2n) is 7.09. The van der Waals surface area contributed by atoms with Gasteiger partial charge in [0.05, 0.1) is 19.3 Å². The monoisotopic (exact) mass is 385 g/mol. The number of rotatable bonds is 7. The molecule has 29 heavy (non-hydrogen) atoms. The van der Waals surface area contributed by atoms with Crippen LogP contribution in [0.5, 0.6) is 0 Å². The molecule has 0 bridgehead atoms. The summed E-state index contributed by atoms with van der Waals surface area (Å²) in [7, 11) is 1.81. The molecule has 0 saturated heterocycles. The van der Waals surface area contributed by atoms with Gasteiger partial charge in [-0.15, -0.1) is 0 Å². The zero-order valence-electron chi connectivity index (χ0n) is 16.3. The summed E-state index contributed by atoms with van der Waals surface area (Å²) in [5.74, 6) is -0.00792. The molecule has 1 amide bonds. The van der Waals surface area contributed by atoms with E-state index in [1.54, 1.807) is 11.1 Å². The van der Waals surface area contributed by atoms with Gasteiger partial charge in [0.25, 0.3) is 5.91 Å². The highest BCUT2D eigenvalue weighted by atomic mass is 16.2. The highest BCUT2D eigenvalue weighted by Gasteiger charge is 2.13. The van der Waals surface area contributed by atoms with Gasteiger partial charge in [-0.05, 0) is 29.3 Å². The maximum absolute atomic E-state index is 12.8. The van der Waals surface area contributed by atoms with Crippen molar-refractivity contribution in [3.05, 3.63) is 108 Å². The Hall–Kier alpha value is -3.67. The molecule has 0 N–H and O–H groups in total. The van der Waals surface area contributed by atoms with Crippen molar-refractivity contribution in [2.75, 3.05) is 7.05 Å². The highest BCUT2D eigenvalue weighted by Crippen LogP contribution is 2.11. The van der Waals surface area contributed by atoms with Crippen LogP contribution in [-0.4, -0.2) is 37.4 Å². The van der Waals surface area contributed by atoms with E-state index in [2.05, 4.69) is 22.3 Å². The van der Waals surface area contributed by atoms with Gasteiger partial charge in [0, 0.05) is 43.3 Å². The van der Waals surface area contributed by atoms with E-state index < -0.39 is 0 Å². The van der Waals surface area contributed by atoms with Crippen molar-refractivity contribution in [1.29, 1.82) is 0 Å². The minimum Gasteiger partial charge on any atom is -0.337 e. The van der Waals surface area contributed by atoms with Crippen molar-refractivity contribution >= 4 is 5.91 Å². The number of benzene rings is 2. The second-order valence-corrected chi connectivity index (χ2v) is 7.09. The molecular formula is C23H23N5O. The van der Waals surface area contributed by atoms with Crippen molar-refractivity contribution < 1.29 is 4.79 Å². The predicted molar refractivity (Wildman–Crippen MR) is 111 cm³/mol. The summed E-state index contributed by atoms with van der Waals surface area (Å²) >= 11 is 0. The van der Waals surface area contributed by atoms with E-state index >= 15 is 0 Å². The Morgan fingerprint density at radius 1 is 0.862 bits per heavy atom. The van der Waals surface area contributed by atoms with E-state index in [1.807, 2.05) is 83.5 Å². The molecule has 2 aromatic heterocycles. The number of carbonyl (C=O) groups is 1. The first-order chi connectivity index (χ1) is 14.2. The summed E-state index contributed by atoms with van der Waals surface area (Å²) in [6.45, 7) is 1.93. The number of amides is 1. The summed E-state index contributed by atoms with van der Waals surface area (Å²) in [6.07, 6.45) is 7.49. The Bertz CT molecular complexity index is 1050. The average Bonchev–Trinajstić information content (AvgIpc) is 3.41. The third-order valence-electron chi connectivity index (χ3n) is 4.75. The van der Waals surface area contributed by atoms with E-state index in [1.165, 1.54) is 5.56 Å². The minimum atomic E-state index is -0.00792. The van der Waals surface area contributed by atoms with Gasteiger partial charge in [0.1, 0.15) is 0 Å². The highest BCUT2D eigenvalue weighted by molar-refractivity contribution is 5.94. The normalized spacial score (nSPS) is 10.8. The zero-order chi connectivity index (χ0) is 20.1. The SMILES string of the molecule is CN(Cc1cnn(Cc2ccccc2)c1)C(=O)c1ccc(Cn2cccn2)cc1.